The first-order valence-corrected chi connectivity index (χ1v) is 9.02. The van der Waals surface area contributed by atoms with Crippen LogP contribution in [0.25, 0.3) is 0 Å². The number of rotatable bonds is 9. The first-order valence-electron chi connectivity index (χ1n) is 8.14. The number of carbonyl (C=O) groups excluding carboxylic acids is 1. The van der Waals surface area contributed by atoms with E-state index in [2.05, 4.69) is 22.4 Å². The van der Waals surface area contributed by atoms with Gasteiger partial charge in [-0.1, -0.05) is 25.1 Å². The summed E-state index contributed by atoms with van der Waals surface area (Å²) in [4.78, 5) is 22.3. The van der Waals surface area contributed by atoms with Gasteiger partial charge in [-0.3, -0.25) is 9.59 Å². The van der Waals surface area contributed by atoms with Crippen LogP contribution >= 0.6 is 11.8 Å². The molecule has 26 heavy (non-hydrogen) atoms. The molecule has 2 rings (SSSR count). The van der Waals surface area contributed by atoms with Gasteiger partial charge in [0, 0.05) is 0 Å². The number of carboxylic acid groups (broad SMARTS) is 1. The maximum atomic E-state index is 11.6. The molecule has 0 aromatic heterocycles. The van der Waals surface area contributed by atoms with Gasteiger partial charge < -0.3 is 19.9 Å². The average Bonchev–Trinajstić information content (AvgIpc) is 2.94. The summed E-state index contributed by atoms with van der Waals surface area (Å²) in [6, 6.07) is 5.39. The Bertz CT molecular complexity index is 720. The lowest BCUT2D eigenvalue weighted by molar-refractivity contribution is -0.138. The van der Waals surface area contributed by atoms with Crippen molar-refractivity contribution in [3.05, 3.63) is 23.8 Å². The van der Waals surface area contributed by atoms with Crippen LogP contribution in [0.4, 0.5) is 0 Å². The van der Waals surface area contributed by atoms with Gasteiger partial charge in [0.2, 0.25) is 5.91 Å². The summed E-state index contributed by atoms with van der Waals surface area (Å²) in [7, 11) is 1.58. The lowest BCUT2D eigenvalue weighted by atomic mass is 10.2. The summed E-state index contributed by atoms with van der Waals surface area (Å²) < 4.78 is 11.0. The Kier molecular flexibility index (Phi) is 7.46. The van der Waals surface area contributed by atoms with E-state index < -0.39 is 11.2 Å². The maximum absolute atomic E-state index is 11.6. The van der Waals surface area contributed by atoms with Crippen LogP contribution in [0.5, 0.6) is 11.5 Å². The monoisotopic (exact) mass is 379 g/mol. The molecule has 0 bridgehead atoms. The zero-order valence-corrected chi connectivity index (χ0v) is 15.4. The highest BCUT2D eigenvalue weighted by Gasteiger charge is 2.32. The Balaban J connectivity index is 2.02. The standard InChI is InChI=1S/C17H21N3O5S/c1-3-4-7-25-13-8-11(5-6-12(13)24-2)10-18-20-17-19-16(23)14(26-17)9-15(21)22/h5-6,8,10,14H,3-4,7,9H2,1-2H3,(H,21,22)(H,19,20,23). The number of unbranched alkanes of at least 4 members (excludes halogenated alkanes) is 1. The zero-order chi connectivity index (χ0) is 18.9. The number of thioether (sulfide) groups is 1. The van der Waals surface area contributed by atoms with Gasteiger partial charge in [-0.2, -0.15) is 5.10 Å². The molecule has 1 fully saturated rings. The number of nitrogens with zero attached hydrogens (tertiary/aromatic N) is 2. The van der Waals surface area contributed by atoms with Crippen LogP contribution in [-0.2, 0) is 9.59 Å². The second-order valence-electron chi connectivity index (χ2n) is 5.46. The minimum absolute atomic E-state index is 0.254. The third-order valence-corrected chi connectivity index (χ3v) is 4.51. The van der Waals surface area contributed by atoms with Crippen molar-refractivity contribution < 1.29 is 24.2 Å². The minimum Gasteiger partial charge on any atom is -0.493 e. The van der Waals surface area contributed by atoms with E-state index in [1.54, 1.807) is 19.2 Å². The van der Waals surface area contributed by atoms with Crippen LogP contribution in [0.15, 0.2) is 28.4 Å². The third-order valence-electron chi connectivity index (χ3n) is 3.43. The SMILES string of the molecule is CCCCOc1cc(C=NN=C2NC(=O)C(CC(=O)O)S2)ccc1OC. The third kappa shape index (κ3) is 5.76. The Morgan fingerprint density at radius 2 is 2.23 bits per heavy atom. The van der Waals surface area contributed by atoms with Crippen LogP contribution in [0.1, 0.15) is 31.7 Å². The number of carbonyl (C=O) groups is 2. The summed E-state index contributed by atoms with van der Waals surface area (Å²) in [5.74, 6) is -0.138. The summed E-state index contributed by atoms with van der Waals surface area (Å²) in [6.45, 7) is 2.69. The predicted molar refractivity (Wildman–Crippen MR) is 100 cm³/mol. The van der Waals surface area contributed by atoms with Gasteiger partial charge in [0.25, 0.3) is 0 Å². The highest BCUT2D eigenvalue weighted by atomic mass is 32.2. The van der Waals surface area contributed by atoms with Crippen molar-refractivity contribution >= 4 is 35.0 Å². The fraction of sp³-hybridized carbons (Fsp3) is 0.412. The fourth-order valence-corrected chi connectivity index (χ4v) is 3.02. The number of methoxy groups -OCH3 is 1. The van der Waals surface area contributed by atoms with Crippen molar-refractivity contribution in [2.24, 2.45) is 10.2 Å². The van der Waals surface area contributed by atoms with Crippen molar-refractivity contribution in [2.45, 2.75) is 31.4 Å². The molecule has 0 radical (unpaired) electrons. The van der Waals surface area contributed by atoms with E-state index in [1.165, 1.54) is 6.21 Å². The fourth-order valence-electron chi connectivity index (χ4n) is 2.11. The summed E-state index contributed by atoms with van der Waals surface area (Å²) in [6.07, 6.45) is 3.25. The van der Waals surface area contributed by atoms with Gasteiger partial charge in [0.05, 0.1) is 26.4 Å². The summed E-state index contributed by atoms with van der Waals surface area (Å²) in [5.41, 5.74) is 0.762. The lowest BCUT2D eigenvalue weighted by Crippen LogP contribution is -2.26. The molecule has 1 atom stereocenters. The van der Waals surface area contributed by atoms with Gasteiger partial charge in [-0.25, -0.2) is 0 Å². The largest absolute Gasteiger partial charge is 0.493 e. The van der Waals surface area contributed by atoms with Gasteiger partial charge >= 0.3 is 5.97 Å². The Hall–Kier alpha value is -2.55. The van der Waals surface area contributed by atoms with Crippen LogP contribution in [0, 0.1) is 0 Å². The van der Waals surface area contributed by atoms with Crippen molar-refractivity contribution in [1.82, 2.24) is 5.32 Å². The number of hydrogen-bond acceptors (Lipinski definition) is 7. The highest BCUT2D eigenvalue weighted by molar-refractivity contribution is 8.15. The normalized spacial score (nSPS) is 18.3. The maximum Gasteiger partial charge on any atom is 0.305 e. The Labute approximate surface area is 155 Å². The van der Waals surface area contributed by atoms with Crippen molar-refractivity contribution in [2.75, 3.05) is 13.7 Å². The molecule has 0 aliphatic carbocycles. The quantitative estimate of drug-likeness (QED) is 0.387. The van der Waals surface area contributed by atoms with Crippen LogP contribution < -0.4 is 14.8 Å². The molecule has 1 unspecified atom stereocenters. The molecular weight excluding hydrogens is 358 g/mol. The first kappa shape index (κ1) is 19.8. The van der Waals surface area contributed by atoms with E-state index in [1.807, 2.05) is 6.07 Å². The summed E-state index contributed by atoms with van der Waals surface area (Å²) in [5, 5.41) is 18.8. The Morgan fingerprint density at radius 1 is 1.42 bits per heavy atom. The average molecular weight is 379 g/mol. The number of benzene rings is 1. The number of nitrogens with one attached hydrogen (secondary N) is 1. The molecular formula is C17H21N3O5S. The molecule has 1 heterocycles. The second-order valence-corrected chi connectivity index (χ2v) is 6.65. The van der Waals surface area contributed by atoms with E-state index in [0.29, 0.717) is 18.1 Å². The molecule has 1 aromatic carbocycles. The van der Waals surface area contributed by atoms with Crippen LogP contribution in [-0.4, -0.2) is 47.3 Å². The predicted octanol–water partition coefficient (Wildman–Crippen LogP) is 2.27. The second kappa shape index (κ2) is 9.81. The van der Waals surface area contributed by atoms with Crippen LogP contribution in [0.3, 0.4) is 0 Å². The molecule has 1 aliphatic heterocycles. The van der Waals surface area contributed by atoms with E-state index in [-0.39, 0.29) is 17.5 Å². The molecule has 1 aliphatic rings. The number of aliphatic carboxylic acids is 1. The van der Waals surface area contributed by atoms with E-state index in [0.717, 1.165) is 30.2 Å². The topological polar surface area (TPSA) is 110 Å². The molecule has 1 saturated heterocycles. The molecule has 8 nitrogen and oxygen atoms in total. The van der Waals surface area contributed by atoms with E-state index in [4.69, 9.17) is 14.6 Å². The molecule has 1 aromatic rings. The molecule has 140 valence electrons. The number of hydrogen-bond donors (Lipinski definition) is 2. The minimum atomic E-state index is -1.03. The zero-order valence-electron chi connectivity index (χ0n) is 14.6. The molecule has 9 heteroatoms. The van der Waals surface area contributed by atoms with E-state index >= 15 is 0 Å². The van der Waals surface area contributed by atoms with Gasteiger partial charge in [-0.05, 0) is 30.2 Å². The van der Waals surface area contributed by atoms with Crippen molar-refractivity contribution in [3.63, 3.8) is 0 Å². The van der Waals surface area contributed by atoms with Gasteiger partial charge in [0.15, 0.2) is 16.7 Å². The Morgan fingerprint density at radius 3 is 2.92 bits per heavy atom. The summed E-state index contributed by atoms with van der Waals surface area (Å²) >= 11 is 1.06. The number of amidine groups is 1. The number of carboxylic acids is 1. The van der Waals surface area contributed by atoms with E-state index in [9.17, 15) is 9.59 Å². The first-order chi connectivity index (χ1) is 12.5. The van der Waals surface area contributed by atoms with Gasteiger partial charge in [-0.15, -0.1) is 5.10 Å². The molecule has 0 spiro atoms. The molecule has 2 N–H and O–H groups in total. The number of amides is 1. The van der Waals surface area contributed by atoms with Crippen molar-refractivity contribution in [1.29, 1.82) is 0 Å². The van der Waals surface area contributed by atoms with Gasteiger partial charge in [0.1, 0.15) is 5.25 Å². The molecule has 0 saturated carbocycles. The van der Waals surface area contributed by atoms with Crippen molar-refractivity contribution in [3.8, 4) is 11.5 Å². The highest BCUT2D eigenvalue weighted by Crippen LogP contribution is 2.28. The van der Waals surface area contributed by atoms with Crippen LogP contribution in [0.2, 0.25) is 0 Å². The molecule has 1 amide bonds. The lowest BCUT2D eigenvalue weighted by Gasteiger charge is -2.10. The smallest absolute Gasteiger partial charge is 0.305 e. The number of ether oxygens (including phenoxy) is 2.